The molecule has 0 spiro atoms. The van der Waals surface area contributed by atoms with Gasteiger partial charge in [0.15, 0.2) is 0 Å². The van der Waals surface area contributed by atoms with E-state index in [1.165, 1.54) is 0 Å². The molecule has 15 heavy (non-hydrogen) atoms. The third kappa shape index (κ3) is 3.38. The second kappa shape index (κ2) is 5.53. The van der Waals surface area contributed by atoms with E-state index in [2.05, 4.69) is 24.2 Å². The van der Waals surface area contributed by atoms with Crippen LogP contribution in [0.25, 0.3) is 0 Å². The van der Waals surface area contributed by atoms with Crippen molar-refractivity contribution >= 4 is 12.4 Å². The Kier molecular flexibility index (Phi) is 4.34. The molecule has 0 bridgehead atoms. The fraction of sp³-hybridized carbons (Fsp3) is 0.636. The van der Waals surface area contributed by atoms with Crippen molar-refractivity contribution in [1.82, 2.24) is 10.2 Å². The molecule has 0 radical (unpaired) electrons. The molecule has 0 unspecified atom stereocenters. The molecule has 1 fully saturated rings. The average Bonchev–Trinajstić information content (AvgIpc) is 2.20. The average molecular weight is 210 g/mol. The predicted octanol–water partition coefficient (Wildman–Crippen LogP) is 0.0704. The van der Waals surface area contributed by atoms with Crippen molar-refractivity contribution in [2.75, 3.05) is 13.1 Å². The first-order valence-electron chi connectivity index (χ1n) is 5.44. The summed E-state index contributed by atoms with van der Waals surface area (Å²) in [5.41, 5.74) is 1.05. The van der Waals surface area contributed by atoms with E-state index in [0.717, 1.165) is 25.2 Å². The van der Waals surface area contributed by atoms with Crippen LogP contribution in [0.3, 0.4) is 0 Å². The summed E-state index contributed by atoms with van der Waals surface area (Å²) in [6.07, 6.45) is 4.62. The monoisotopic (exact) mass is 210 g/mol. The van der Waals surface area contributed by atoms with Crippen LogP contribution < -0.4 is 10.3 Å². The lowest BCUT2D eigenvalue weighted by Gasteiger charge is -2.19. The van der Waals surface area contributed by atoms with Crippen LogP contribution in [-0.2, 0) is 0 Å². The quantitative estimate of drug-likeness (QED) is 0.502. The molecule has 1 rings (SSSR count). The van der Waals surface area contributed by atoms with E-state index in [-0.39, 0.29) is 6.03 Å². The van der Waals surface area contributed by atoms with Crippen LogP contribution in [0.15, 0.2) is 11.8 Å². The van der Waals surface area contributed by atoms with Gasteiger partial charge in [0.2, 0.25) is 6.34 Å². The molecule has 1 aliphatic heterocycles. The Bertz CT molecular complexity index is 282. The van der Waals surface area contributed by atoms with Crippen molar-refractivity contribution in [2.24, 2.45) is 5.92 Å². The molecule has 0 aromatic heterocycles. The van der Waals surface area contributed by atoms with E-state index < -0.39 is 0 Å². The summed E-state index contributed by atoms with van der Waals surface area (Å²) in [6, 6.07) is -0.0504. The molecule has 1 saturated heterocycles. The summed E-state index contributed by atoms with van der Waals surface area (Å²) in [4.78, 5) is 16.3. The van der Waals surface area contributed by atoms with Gasteiger partial charge in [-0.25, -0.2) is 4.79 Å². The van der Waals surface area contributed by atoms with Crippen molar-refractivity contribution < 1.29 is 9.79 Å². The standard InChI is InChI=1S/C11H19N3O/c1-4-10-5-6-13-11(15)14(10)8-12-7-9(2)3/h4,8-9H,5-7H2,1-3H3,(H,13,15)/p+1/b10-4-,12-8?. The van der Waals surface area contributed by atoms with Crippen molar-refractivity contribution in [3.05, 3.63) is 11.8 Å². The van der Waals surface area contributed by atoms with Gasteiger partial charge in [0, 0.05) is 13.0 Å². The van der Waals surface area contributed by atoms with Crippen molar-refractivity contribution in [3.8, 4) is 0 Å². The van der Waals surface area contributed by atoms with E-state index in [9.17, 15) is 4.79 Å². The van der Waals surface area contributed by atoms with E-state index in [0.29, 0.717) is 5.92 Å². The number of allylic oxidation sites excluding steroid dienone is 1. The molecule has 0 aromatic rings. The largest absolute Gasteiger partial charge is 0.413 e. The molecule has 84 valence electrons. The molecule has 2 amide bonds. The van der Waals surface area contributed by atoms with Gasteiger partial charge in [0.1, 0.15) is 5.70 Å². The Balaban J connectivity index is 2.63. The normalized spacial score (nSPS) is 20.4. The van der Waals surface area contributed by atoms with Crippen molar-refractivity contribution in [1.29, 1.82) is 0 Å². The second-order valence-corrected chi connectivity index (χ2v) is 4.06. The minimum atomic E-state index is -0.0504. The van der Waals surface area contributed by atoms with Crippen LogP contribution >= 0.6 is 0 Å². The maximum Gasteiger partial charge on any atom is 0.413 e. The van der Waals surface area contributed by atoms with Gasteiger partial charge in [-0.05, 0) is 18.9 Å². The summed E-state index contributed by atoms with van der Waals surface area (Å²) < 4.78 is 0. The lowest BCUT2D eigenvalue weighted by atomic mass is 10.2. The maximum atomic E-state index is 11.5. The number of carbonyl (C=O) groups is 1. The van der Waals surface area contributed by atoms with Gasteiger partial charge < -0.3 is 5.32 Å². The van der Waals surface area contributed by atoms with E-state index in [1.54, 1.807) is 11.2 Å². The molecular weight excluding hydrogens is 190 g/mol. The third-order valence-electron chi connectivity index (χ3n) is 2.27. The van der Waals surface area contributed by atoms with Crippen LogP contribution in [0.1, 0.15) is 27.2 Å². The molecule has 2 N–H and O–H groups in total. The number of hydrogen-bond donors (Lipinski definition) is 2. The summed E-state index contributed by atoms with van der Waals surface area (Å²) in [7, 11) is 0. The van der Waals surface area contributed by atoms with Crippen LogP contribution in [0.2, 0.25) is 0 Å². The van der Waals surface area contributed by atoms with Crippen LogP contribution in [0, 0.1) is 5.92 Å². The van der Waals surface area contributed by atoms with E-state index in [4.69, 9.17) is 0 Å². The lowest BCUT2D eigenvalue weighted by Crippen LogP contribution is -2.73. The van der Waals surface area contributed by atoms with E-state index >= 15 is 0 Å². The minimum absolute atomic E-state index is 0.0504. The minimum Gasteiger partial charge on any atom is -0.317 e. The zero-order valence-electron chi connectivity index (χ0n) is 9.71. The maximum absolute atomic E-state index is 11.5. The van der Waals surface area contributed by atoms with Gasteiger partial charge in [-0.1, -0.05) is 13.8 Å². The Labute approximate surface area is 91.1 Å². The molecule has 0 aliphatic carbocycles. The Morgan fingerprint density at radius 1 is 1.60 bits per heavy atom. The van der Waals surface area contributed by atoms with Gasteiger partial charge in [0.25, 0.3) is 0 Å². The van der Waals surface area contributed by atoms with Crippen LogP contribution in [-0.4, -0.2) is 30.4 Å². The first kappa shape index (κ1) is 11.8. The van der Waals surface area contributed by atoms with Crippen LogP contribution in [0.4, 0.5) is 4.79 Å². The molecular formula is C11H20N3O+. The zero-order chi connectivity index (χ0) is 11.3. The number of amides is 2. The number of rotatable bonds is 3. The number of nitrogens with zero attached hydrogens (tertiary/aromatic N) is 1. The summed E-state index contributed by atoms with van der Waals surface area (Å²) in [5.74, 6) is 0.572. The molecule has 4 nitrogen and oxygen atoms in total. The summed E-state index contributed by atoms with van der Waals surface area (Å²) in [6.45, 7) is 7.83. The smallest absolute Gasteiger partial charge is 0.317 e. The number of carbonyl (C=O) groups excluding carboxylic acids is 1. The van der Waals surface area contributed by atoms with Gasteiger partial charge in [0.05, 0.1) is 6.54 Å². The fourth-order valence-corrected chi connectivity index (χ4v) is 1.44. The second-order valence-electron chi connectivity index (χ2n) is 4.06. The molecule has 1 aliphatic rings. The topological polar surface area (TPSA) is 46.3 Å². The number of nitrogens with one attached hydrogen (secondary N) is 2. The highest BCUT2D eigenvalue weighted by Gasteiger charge is 2.26. The predicted molar refractivity (Wildman–Crippen MR) is 60.3 cm³/mol. The van der Waals surface area contributed by atoms with Gasteiger partial charge in [-0.15, -0.1) is 0 Å². The van der Waals surface area contributed by atoms with Crippen LogP contribution in [0.5, 0.6) is 0 Å². The fourth-order valence-electron chi connectivity index (χ4n) is 1.44. The molecule has 0 aromatic carbocycles. The highest BCUT2D eigenvalue weighted by atomic mass is 16.2. The zero-order valence-corrected chi connectivity index (χ0v) is 9.71. The third-order valence-corrected chi connectivity index (χ3v) is 2.27. The van der Waals surface area contributed by atoms with Crippen molar-refractivity contribution in [2.45, 2.75) is 27.2 Å². The molecule has 0 atom stereocenters. The van der Waals surface area contributed by atoms with Crippen molar-refractivity contribution in [3.63, 3.8) is 0 Å². The lowest BCUT2D eigenvalue weighted by molar-refractivity contribution is -0.463. The Hall–Kier alpha value is -1.32. The summed E-state index contributed by atoms with van der Waals surface area (Å²) >= 11 is 0. The summed E-state index contributed by atoms with van der Waals surface area (Å²) in [5, 5.41) is 2.81. The first-order chi connectivity index (χ1) is 7.15. The van der Waals surface area contributed by atoms with E-state index in [1.807, 2.05) is 13.0 Å². The van der Waals surface area contributed by atoms with Gasteiger partial charge in [-0.3, -0.25) is 4.99 Å². The number of hydrogen-bond acceptors (Lipinski definition) is 1. The highest BCUT2D eigenvalue weighted by molar-refractivity contribution is 5.88. The molecule has 1 heterocycles. The number of urea groups is 1. The van der Waals surface area contributed by atoms with Gasteiger partial charge >= 0.3 is 6.03 Å². The molecule has 4 heteroatoms. The van der Waals surface area contributed by atoms with Gasteiger partial charge in [-0.2, -0.15) is 4.90 Å². The first-order valence-corrected chi connectivity index (χ1v) is 5.44. The highest BCUT2D eigenvalue weighted by Crippen LogP contribution is 2.10. The Morgan fingerprint density at radius 3 is 2.93 bits per heavy atom. The SMILES string of the molecule is C/C=C1/CCNC(=O)N1C=[NH+]CC(C)C. The molecule has 0 saturated carbocycles. The Morgan fingerprint density at radius 2 is 2.33 bits per heavy atom.